The Labute approximate surface area is 141 Å². The fraction of sp³-hybridized carbons (Fsp3) is 0.500. The number of hydrogen-bond donors (Lipinski definition) is 2. The van der Waals surface area contributed by atoms with Gasteiger partial charge in [-0.3, -0.25) is 14.4 Å². The molecule has 3 atom stereocenters. The zero-order chi connectivity index (χ0) is 17.7. The summed E-state index contributed by atoms with van der Waals surface area (Å²) in [6.07, 6.45) is 0.591. The number of nitrogens with one attached hydrogen (secondary N) is 1. The Morgan fingerprint density at radius 3 is 2.54 bits per heavy atom. The Balaban J connectivity index is 1.94. The predicted molar refractivity (Wildman–Crippen MR) is 89.0 cm³/mol. The molecule has 6 heteroatoms. The average Bonchev–Trinajstić information content (AvgIpc) is 2.86. The SMILES string of the molecule is C[C@@H]1OCC(=O)C1NC(=O)CC[C@@](C)(Cc1ccccc1)C(N)=O. The van der Waals surface area contributed by atoms with Gasteiger partial charge in [-0.2, -0.15) is 0 Å². The molecule has 2 rings (SSSR count). The van der Waals surface area contributed by atoms with E-state index in [2.05, 4.69) is 5.32 Å². The molecule has 0 spiro atoms. The summed E-state index contributed by atoms with van der Waals surface area (Å²) in [6, 6.07) is 8.95. The van der Waals surface area contributed by atoms with E-state index in [0.29, 0.717) is 12.8 Å². The maximum atomic E-state index is 12.1. The van der Waals surface area contributed by atoms with Crippen LogP contribution < -0.4 is 11.1 Å². The number of nitrogens with two attached hydrogens (primary N) is 1. The van der Waals surface area contributed by atoms with Crippen LogP contribution in [0.1, 0.15) is 32.3 Å². The van der Waals surface area contributed by atoms with Gasteiger partial charge in [0, 0.05) is 6.42 Å². The maximum Gasteiger partial charge on any atom is 0.223 e. The quantitative estimate of drug-likeness (QED) is 0.777. The van der Waals surface area contributed by atoms with Gasteiger partial charge in [-0.15, -0.1) is 0 Å². The van der Waals surface area contributed by atoms with Crippen LogP contribution in [0, 0.1) is 5.41 Å². The van der Waals surface area contributed by atoms with Crippen molar-refractivity contribution < 1.29 is 19.1 Å². The summed E-state index contributed by atoms with van der Waals surface area (Å²) in [4.78, 5) is 35.7. The van der Waals surface area contributed by atoms with E-state index in [0.717, 1.165) is 5.56 Å². The lowest BCUT2D eigenvalue weighted by Gasteiger charge is -2.26. The zero-order valence-corrected chi connectivity index (χ0v) is 14.1. The highest BCUT2D eigenvalue weighted by Crippen LogP contribution is 2.28. The number of Topliss-reactive ketones (excluding diaryl/α,β-unsaturated/α-hetero) is 1. The summed E-state index contributed by atoms with van der Waals surface area (Å²) in [7, 11) is 0. The minimum absolute atomic E-state index is 0.0269. The Morgan fingerprint density at radius 2 is 2.00 bits per heavy atom. The van der Waals surface area contributed by atoms with Crippen LogP contribution in [-0.4, -0.2) is 36.4 Å². The van der Waals surface area contributed by atoms with Gasteiger partial charge in [-0.1, -0.05) is 37.3 Å². The highest BCUT2D eigenvalue weighted by molar-refractivity contribution is 5.92. The molecule has 3 N–H and O–H groups in total. The Bertz CT molecular complexity index is 617. The topological polar surface area (TPSA) is 98.5 Å². The van der Waals surface area contributed by atoms with Crippen LogP contribution in [0.2, 0.25) is 0 Å². The largest absolute Gasteiger partial charge is 0.369 e. The third-order valence-corrected chi connectivity index (χ3v) is 4.56. The molecule has 24 heavy (non-hydrogen) atoms. The number of rotatable bonds is 7. The molecule has 1 unspecified atom stereocenters. The van der Waals surface area contributed by atoms with Crippen molar-refractivity contribution in [2.24, 2.45) is 11.1 Å². The summed E-state index contributed by atoms with van der Waals surface area (Å²) >= 11 is 0. The number of carbonyl (C=O) groups excluding carboxylic acids is 3. The lowest BCUT2D eigenvalue weighted by molar-refractivity contribution is -0.129. The van der Waals surface area contributed by atoms with Gasteiger partial charge in [0.25, 0.3) is 0 Å². The maximum absolute atomic E-state index is 12.1. The molecule has 0 bridgehead atoms. The molecule has 1 saturated heterocycles. The molecular formula is C18H24N2O4. The fourth-order valence-corrected chi connectivity index (χ4v) is 2.84. The van der Waals surface area contributed by atoms with Crippen molar-refractivity contribution in [2.75, 3.05) is 6.61 Å². The summed E-state index contributed by atoms with van der Waals surface area (Å²) in [5.41, 5.74) is 5.74. The molecule has 1 aliphatic heterocycles. The van der Waals surface area contributed by atoms with Crippen LogP contribution in [0.5, 0.6) is 0 Å². The van der Waals surface area contributed by atoms with Gasteiger partial charge >= 0.3 is 0 Å². The molecule has 6 nitrogen and oxygen atoms in total. The molecule has 0 saturated carbocycles. The first-order valence-corrected chi connectivity index (χ1v) is 8.09. The van der Waals surface area contributed by atoms with Crippen LogP contribution in [0.4, 0.5) is 0 Å². The second-order valence-electron chi connectivity index (χ2n) is 6.61. The Kier molecular flexibility index (Phi) is 5.72. The van der Waals surface area contributed by atoms with Crippen molar-refractivity contribution in [3.63, 3.8) is 0 Å². The first-order chi connectivity index (χ1) is 11.3. The lowest BCUT2D eigenvalue weighted by atomic mass is 9.79. The molecule has 1 fully saturated rings. The van der Waals surface area contributed by atoms with E-state index in [1.165, 1.54) is 0 Å². The van der Waals surface area contributed by atoms with Crippen LogP contribution in [0.25, 0.3) is 0 Å². The monoisotopic (exact) mass is 332 g/mol. The number of carbonyl (C=O) groups is 3. The second kappa shape index (κ2) is 7.57. The first-order valence-electron chi connectivity index (χ1n) is 8.09. The van der Waals surface area contributed by atoms with Crippen LogP contribution in [-0.2, 0) is 25.5 Å². The summed E-state index contributed by atoms with van der Waals surface area (Å²) in [6.45, 7) is 3.54. The van der Waals surface area contributed by atoms with Crippen LogP contribution in [0.3, 0.4) is 0 Å². The summed E-state index contributed by atoms with van der Waals surface area (Å²) in [5.74, 6) is -0.836. The Hall–Kier alpha value is -2.21. The van der Waals surface area contributed by atoms with E-state index in [1.807, 2.05) is 30.3 Å². The van der Waals surface area contributed by atoms with E-state index in [1.54, 1.807) is 13.8 Å². The van der Waals surface area contributed by atoms with Gasteiger partial charge in [0.2, 0.25) is 11.8 Å². The van der Waals surface area contributed by atoms with E-state index < -0.39 is 17.4 Å². The highest BCUT2D eigenvalue weighted by Gasteiger charge is 2.35. The van der Waals surface area contributed by atoms with Gasteiger partial charge < -0.3 is 15.8 Å². The minimum atomic E-state index is -0.819. The summed E-state index contributed by atoms with van der Waals surface area (Å²) in [5, 5.41) is 2.69. The van der Waals surface area contributed by atoms with Gasteiger partial charge in [0.05, 0.1) is 11.5 Å². The van der Waals surface area contributed by atoms with Crippen LogP contribution >= 0.6 is 0 Å². The molecule has 130 valence electrons. The fourth-order valence-electron chi connectivity index (χ4n) is 2.84. The van der Waals surface area contributed by atoms with Crippen molar-refractivity contribution in [3.05, 3.63) is 35.9 Å². The predicted octanol–water partition coefficient (Wildman–Crippen LogP) is 0.973. The molecule has 1 aromatic carbocycles. The van der Waals surface area contributed by atoms with Gasteiger partial charge in [-0.25, -0.2) is 0 Å². The number of hydrogen-bond acceptors (Lipinski definition) is 4. The molecule has 1 heterocycles. The first kappa shape index (κ1) is 18.1. The number of primary amides is 1. The molecule has 1 aromatic rings. The smallest absolute Gasteiger partial charge is 0.223 e. The van der Waals surface area contributed by atoms with Crippen molar-refractivity contribution in [3.8, 4) is 0 Å². The third kappa shape index (κ3) is 4.41. The molecule has 1 aliphatic rings. The molecular weight excluding hydrogens is 308 g/mol. The van der Waals surface area contributed by atoms with E-state index in [4.69, 9.17) is 10.5 Å². The highest BCUT2D eigenvalue weighted by atomic mass is 16.5. The van der Waals surface area contributed by atoms with E-state index in [9.17, 15) is 14.4 Å². The van der Waals surface area contributed by atoms with Crippen molar-refractivity contribution >= 4 is 17.6 Å². The van der Waals surface area contributed by atoms with Crippen LogP contribution in [0.15, 0.2) is 30.3 Å². The second-order valence-corrected chi connectivity index (χ2v) is 6.61. The number of amides is 2. The normalized spacial score (nSPS) is 22.8. The van der Waals surface area contributed by atoms with Crippen molar-refractivity contribution in [2.45, 2.75) is 45.3 Å². The minimum Gasteiger partial charge on any atom is -0.369 e. The molecule has 0 aromatic heterocycles. The summed E-state index contributed by atoms with van der Waals surface area (Å²) < 4.78 is 5.20. The van der Waals surface area contributed by atoms with Crippen molar-refractivity contribution in [1.82, 2.24) is 5.32 Å². The average molecular weight is 332 g/mol. The number of ether oxygens (including phenoxy) is 1. The molecule has 0 radical (unpaired) electrons. The third-order valence-electron chi connectivity index (χ3n) is 4.56. The zero-order valence-electron chi connectivity index (χ0n) is 14.1. The van der Waals surface area contributed by atoms with Crippen molar-refractivity contribution in [1.29, 1.82) is 0 Å². The number of benzene rings is 1. The lowest BCUT2D eigenvalue weighted by Crippen LogP contribution is -2.44. The van der Waals surface area contributed by atoms with E-state index in [-0.39, 0.29) is 30.8 Å². The molecule has 2 amide bonds. The number of ketones is 1. The standard InChI is InChI=1S/C18H24N2O4/c1-12-16(14(21)11-24-12)20-15(22)8-9-18(2,17(19)23)10-13-6-4-3-5-7-13/h3-7,12,16H,8-11H2,1-2H3,(H2,19,23)(H,20,22)/t12-,16?,18-/m0/s1. The van der Waals surface area contributed by atoms with E-state index >= 15 is 0 Å². The Morgan fingerprint density at radius 1 is 1.33 bits per heavy atom. The van der Waals surface area contributed by atoms with Gasteiger partial charge in [0.15, 0.2) is 5.78 Å². The van der Waals surface area contributed by atoms with Gasteiger partial charge in [0.1, 0.15) is 12.6 Å². The van der Waals surface area contributed by atoms with Gasteiger partial charge in [-0.05, 0) is 25.3 Å². The molecule has 0 aliphatic carbocycles.